The van der Waals surface area contributed by atoms with Gasteiger partial charge in [-0.1, -0.05) is 0 Å². The Labute approximate surface area is 76.8 Å². The molecule has 0 radical (unpaired) electrons. The summed E-state index contributed by atoms with van der Waals surface area (Å²) in [7, 11) is 1.54. The zero-order valence-electron chi connectivity index (χ0n) is 7.66. The van der Waals surface area contributed by atoms with Gasteiger partial charge in [0.2, 0.25) is 11.8 Å². The highest BCUT2D eigenvalue weighted by atomic mass is 16.5. The van der Waals surface area contributed by atoms with Gasteiger partial charge in [0.1, 0.15) is 0 Å². The monoisotopic (exact) mass is 186 g/mol. The molecule has 5 heteroatoms. The van der Waals surface area contributed by atoms with Crippen LogP contribution in [0.25, 0.3) is 0 Å². The van der Waals surface area contributed by atoms with Crippen molar-refractivity contribution in [2.75, 3.05) is 20.3 Å². The molecule has 5 nitrogen and oxygen atoms in total. The Bertz CT molecular complexity index is 201. The minimum atomic E-state index is -0.281. The molecule has 0 bridgehead atoms. The van der Waals surface area contributed by atoms with Crippen LogP contribution < -0.4 is 5.73 Å². The number of rotatable bonds is 4. The van der Waals surface area contributed by atoms with Gasteiger partial charge in [-0.25, -0.2) is 0 Å². The minimum Gasteiger partial charge on any atom is -0.383 e. The molecule has 0 aromatic rings. The first-order chi connectivity index (χ1) is 6.15. The number of likely N-dealkylation sites (tertiary alicyclic amines) is 1. The molecule has 1 rings (SSSR count). The van der Waals surface area contributed by atoms with Crippen molar-refractivity contribution in [2.45, 2.75) is 18.9 Å². The van der Waals surface area contributed by atoms with Gasteiger partial charge in [0.05, 0.1) is 6.61 Å². The third-order valence-electron chi connectivity index (χ3n) is 1.95. The van der Waals surface area contributed by atoms with E-state index in [1.165, 1.54) is 12.0 Å². The predicted octanol–water partition coefficient (Wildman–Crippen LogP) is -0.891. The van der Waals surface area contributed by atoms with E-state index in [9.17, 15) is 9.59 Å². The maximum Gasteiger partial charge on any atom is 0.229 e. The Morgan fingerprint density at radius 2 is 2.00 bits per heavy atom. The summed E-state index contributed by atoms with van der Waals surface area (Å²) in [5.74, 6) is -0.256. The number of hydrogen-bond acceptors (Lipinski definition) is 4. The molecule has 1 aliphatic heterocycles. The summed E-state index contributed by atoms with van der Waals surface area (Å²) in [5, 5.41) is 0. The van der Waals surface area contributed by atoms with Gasteiger partial charge in [-0.3, -0.25) is 14.5 Å². The molecule has 1 saturated heterocycles. The molecule has 0 aromatic carbocycles. The summed E-state index contributed by atoms with van der Waals surface area (Å²) in [6.07, 6.45) is 0.636. The van der Waals surface area contributed by atoms with Crippen LogP contribution in [0.2, 0.25) is 0 Å². The Morgan fingerprint density at radius 3 is 2.46 bits per heavy atom. The molecule has 2 amide bonds. The topological polar surface area (TPSA) is 72.6 Å². The molecule has 0 aliphatic carbocycles. The largest absolute Gasteiger partial charge is 0.383 e. The second kappa shape index (κ2) is 4.34. The first-order valence-electron chi connectivity index (χ1n) is 4.23. The van der Waals surface area contributed by atoms with E-state index in [4.69, 9.17) is 10.5 Å². The van der Waals surface area contributed by atoms with Crippen LogP contribution in [0, 0.1) is 0 Å². The maximum absolute atomic E-state index is 11.1. The van der Waals surface area contributed by atoms with Gasteiger partial charge >= 0.3 is 0 Å². The molecule has 0 aromatic heterocycles. The van der Waals surface area contributed by atoms with E-state index >= 15 is 0 Å². The molecule has 1 heterocycles. The molecular formula is C8H14N2O3. The Hall–Kier alpha value is -0.940. The first kappa shape index (κ1) is 10.1. The number of methoxy groups -OCH3 is 1. The van der Waals surface area contributed by atoms with Crippen LogP contribution in [-0.4, -0.2) is 43.0 Å². The van der Waals surface area contributed by atoms with E-state index in [2.05, 4.69) is 0 Å². The average Bonchev–Trinajstić information content (AvgIpc) is 2.36. The van der Waals surface area contributed by atoms with Gasteiger partial charge in [-0.15, -0.1) is 0 Å². The number of amides is 2. The molecule has 13 heavy (non-hydrogen) atoms. The van der Waals surface area contributed by atoms with E-state index in [-0.39, 0.29) is 24.4 Å². The number of carbonyl (C=O) groups excluding carboxylic acids is 2. The van der Waals surface area contributed by atoms with Crippen LogP contribution in [-0.2, 0) is 14.3 Å². The number of ether oxygens (including phenoxy) is 1. The van der Waals surface area contributed by atoms with E-state index in [1.54, 1.807) is 0 Å². The lowest BCUT2D eigenvalue weighted by molar-refractivity contribution is -0.138. The highest BCUT2D eigenvalue weighted by Crippen LogP contribution is 2.11. The summed E-state index contributed by atoms with van der Waals surface area (Å²) in [4.78, 5) is 23.5. The van der Waals surface area contributed by atoms with Crippen LogP contribution in [0.1, 0.15) is 12.8 Å². The molecule has 2 N–H and O–H groups in total. The van der Waals surface area contributed by atoms with Crippen LogP contribution in [0.15, 0.2) is 0 Å². The molecule has 1 unspecified atom stereocenters. The normalized spacial score (nSPS) is 19.7. The zero-order valence-corrected chi connectivity index (χ0v) is 7.66. The Kier molecular flexibility index (Phi) is 3.39. The second-order valence-electron chi connectivity index (χ2n) is 3.11. The fourth-order valence-electron chi connectivity index (χ4n) is 1.33. The molecule has 0 spiro atoms. The number of nitrogens with zero attached hydrogens (tertiary/aromatic N) is 1. The van der Waals surface area contributed by atoms with E-state index in [0.29, 0.717) is 19.4 Å². The molecular weight excluding hydrogens is 172 g/mol. The van der Waals surface area contributed by atoms with Crippen LogP contribution in [0.3, 0.4) is 0 Å². The van der Waals surface area contributed by atoms with E-state index < -0.39 is 0 Å². The number of carbonyl (C=O) groups is 2. The van der Waals surface area contributed by atoms with Crippen molar-refractivity contribution in [3.63, 3.8) is 0 Å². The van der Waals surface area contributed by atoms with E-state index in [0.717, 1.165) is 0 Å². The van der Waals surface area contributed by atoms with Crippen molar-refractivity contribution in [3.05, 3.63) is 0 Å². The third-order valence-corrected chi connectivity index (χ3v) is 1.95. The lowest BCUT2D eigenvalue weighted by Crippen LogP contribution is -2.42. The Morgan fingerprint density at radius 1 is 1.46 bits per heavy atom. The summed E-state index contributed by atoms with van der Waals surface area (Å²) >= 11 is 0. The summed E-state index contributed by atoms with van der Waals surface area (Å²) in [6.45, 7) is 0.628. The lowest BCUT2D eigenvalue weighted by Gasteiger charge is -2.18. The van der Waals surface area contributed by atoms with Crippen molar-refractivity contribution >= 4 is 11.8 Å². The number of hydrogen-bond donors (Lipinski definition) is 1. The fourth-order valence-corrected chi connectivity index (χ4v) is 1.33. The van der Waals surface area contributed by atoms with Crippen LogP contribution in [0.5, 0.6) is 0 Å². The van der Waals surface area contributed by atoms with Gasteiger partial charge in [0, 0.05) is 32.5 Å². The van der Waals surface area contributed by atoms with Crippen LogP contribution >= 0.6 is 0 Å². The van der Waals surface area contributed by atoms with Crippen molar-refractivity contribution in [3.8, 4) is 0 Å². The van der Waals surface area contributed by atoms with Crippen molar-refractivity contribution in [1.29, 1.82) is 0 Å². The van der Waals surface area contributed by atoms with Gasteiger partial charge in [-0.2, -0.15) is 0 Å². The summed E-state index contributed by atoms with van der Waals surface area (Å²) < 4.78 is 4.81. The van der Waals surface area contributed by atoms with Gasteiger partial charge in [0.25, 0.3) is 0 Å². The van der Waals surface area contributed by atoms with Gasteiger partial charge < -0.3 is 10.5 Å². The highest BCUT2D eigenvalue weighted by molar-refractivity contribution is 6.01. The predicted molar refractivity (Wildman–Crippen MR) is 45.8 cm³/mol. The van der Waals surface area contributed by atoms with Crippen molar-refractivity contribution < 1.29 is 14.3 Å². The second-order valence-corrected chi connectivity index (χ2v) is 3.11. The third kappa shape index (κ3) is 2.50. The number of nitrogens with two attached hydrogens (primary N) is 1. The van der Waals surface area contributed by atoms with E-state index in [1.807, 2.05) is 0 Å². The number of imide groups is 1. The zero-order chi connectivity index (χ0) is 9.84. The maximum atomic E-state index is 11.1. The van der Waals surface area contributed by atoms with Crippen molar-refractivity contribution in [1.82, 2.24) is 4.90 Å². The van der Waals surface area contributed by atoms with Gasteiger partial charge in [-0.05, 0) is 0 Å². The highest BCUT2D eigenvalue weighted by Gasteiger charge is 2.29. The summed E-state index contributed by atoms with van der Waals surface area (Å²) in [5.41, 5.74) is 5.62. The SMILES string of the molecule is COCC(N)CN1C(=O)CCC1=O. The molecule has 1 atom stereocenters. The molecule has 74 valence electrons. The standard InChI is InChI=1S/C8H14N2O3/c1-13-5-6(9)4-10-7(11)2-3-8(10)12/h6H,2-5,9H2,1H3. The van der Waals surface area contributed by atoms with Crippen molar-refractivity contribution in [2.24, 2.45) is 5.73 Å². The van der Waals surface area contributed by atoms with Crippen LogP contribution in [0.4, 0.5) is 0 Å². The lowest BCUT2D eigenvalue weighted by atomic mass is 10.3. The average molecular weight is 186 g/mol. The Balaban J connectivity index is 2.43. The molecule has 1 fully saturated rings. The fraction of sp³-hybridized carbons (Fsp3) is 0.750. The summed E-state index contributed by atoms with van der Waals surface area (Å²) in [6, 6.07) is -0.281. The minimum absolute atomic E-state index is 0.128. The molecule has 0 saturated carbocycles. The first-order valence-corrected chi connectivity index (χ1v) is 4.23. The van der Waals surface area contributed by atoms with Gasteiger partial charge in [0.15, 0.2) is 0 Å². The smallest absolute Gasteiger partial charge is 0.229 e. The molecule has 1 aliphatic rings. The quantitative estimate of drug-likeness (QED) is 0.578.